The Balaban J connectivity index is 0.000000337. The Bertz CT molecular complexity index is 1500. The van der Waals surface area contributed by atoms with Crippen LogP contribution in [0.5, 0.6) is 17.2 Å². The molecule has 4 N–H and O–H groups in total. The van der Waals surface area contributed by atoms with Crippen molar-refractivity contribution in [2.45, 2.75) is 39.2 Å². The first-order valence-corrected chi connectivity index (χ1v) is 13.1. The summed E-state index contributed by atoms with van der Waals surface area (Å²) >= 11 is 0. The van der Waals surface area contributed by atoms with E-state index in [0.717, 1.165) is 16.8 Å². The van der Waals surface area contributed by atoms with Gasteiger partial charge in [-0.3, -0.25) is 19.7 Å². The second-order valence-corrected chi connectivity index (χ2v) is 9.50. The molecule has 42 heavy (non-hydrogen) atoms. The molecule has 4 rings (SSSR count). The van der Waals surface area contributed by atoms with E-state index < -0.39 is 17.9 Å². The van der Waals surface area contributed by atoms with Crippen LogP contribution in [0.2, 0.25) is 0 Å². The highest BCUT2D eigenvalue weighted by Crippen LogP contribution is 2.26. The van der Waals surface area contributed by atoms with Crippen LogP contribution in [0.1, 0.15) is 41.5 Å². The summed E-state index contributed by atoms with van der Waals surface area (Å²) in [5.74, 6) is -0.691. The second kappa shape index (κ2) is 14.8. The molecule has 1 unspecified atom stereocenters. The molecule has 4 aromatic carbocycles. The summed E-state index contributed by atoms with van der Waals surface area (Å²) in [6.45, 7) is 3.86. The van der Waals surface area contributed by atoms with Crippen LogP contribution in [-0.4, -0.2) is 32.2 Å². The highest BCUT2D eigenvalue weighted by atomic mass is 16.6. The van der Waals surface area contributed by atoms with E-state index in [1.54, 1.807) is 32.0 Å². The molecule has 10 nitrogen and oxygen atoms in total. The van der Waals surface area contributed by atoms with Crippen LogP contribution in [0.25, 0.3) is 0 Å². The third kappa shape index (κ3) is 9.37. The maximum absolute atomic E-state index is 11.1. The summed E-state index contributed by atoms with van der Waals surface area (Å²) in [4.78, 5) is 31.8. The fourth-order valence-electron chi connectivity index (χ4n) is 3.90. The summed E-state index contributed by atoms with van der Waals surface area (Å²) < 4.78 is 5.83. The molecule has 0 aliphatic rings. The van der Waals surface area contributed by atoms with Gasteiger partial charge in [0, 0.05) is 30.3 Å². The Hall–Kier alpha value is -5.38. The third-order valence-corrected chi connectivity index (χ3v) is 6.46. The first-order chi connectivity index (χ1) is 20.0. The van der Waals surface area contributed by atoms with Gasteiger partial charge in [0.15, 0.2) is 0 Å². The molecule has 0 bridgehead atoms. The molecule has 1 atom stereocenters. The Morgan fingerprint density at radius 2 is 1.45 bits per heavy atom. The second-order valence-electron chi connectivity index (χ2n) is 9.50. The summed E-state index contributed by atoms with van der Waals surface area (Å²) in [7, 11) is 0. The van der Waals surface area contributed by atoms with Gasteiger partial charge in [-0.15, -0.1) is 0 Å². The van der Waals surface area contributed by atoms with Crippen LogP contribution >= 0.6 is 0 Å². The number of aliphatic carboxylic acids is 2. The fourth-order valence-corrected chi connectivity index (χ4v) is 3.90. The number of phenolic OH excluding ortho intramolecular Hbond substituents is 1. The molecule has 0 aromatic heterocycles. The minimum atomic E-state index is -0.860. The SMILES string of the molecule is CC(C(=O)O)c1ccc(O)cc1.Cc1c(NCc2ccc(Oc3ccc(CCC(=O)O)cc3)cc2)cccc1[N+](=O)[O-]. The molecule has 0 fully saturated rings. The molecule has 0 spiro atoms. The normalized spacial score (nSPS) is 11.0. The minimum absolute atomic E-state index is 0.0951. The van der Waals surface area contributed by atoms with E-state index in [1.807, 2.05) is 54.6 Å². The number of nitrogens with zero attached hydrogens (tertiary/aromatic N) is 1. The molecule has 218 valence electrons. The minimum Gasteiger partial charge on any atom is -0.508 e. The van der Waals surface area contributed by atoms with Gasteiger partial charge in [-0.2, -0.15) is 0 Å². The molecule has 0 aliphatic heterocycles. The average molecular weight is 573 g/mol. The van der Waals surface area contributed by atoms with E-state index >= 15 is 0 Å². The van der Waals surface area contributed by atoms with Gasteiger partial charge in [0.05, 0.1) is 10.8 Å². The molecular formula is C32H32N2O8. The Labute approximate surface area is 243 Å². The van der Waals surface area contributed by atoms with Crippen molar-refractivity contribution >= 4 is 23.3 Å². The monoisotopic (exact) mass is 572 g/mol. The zero-order chi connectivity index (χ0) is 30.6. The number of aromatic hydroxyl groups is 1. The highest BCUT2D eigenvalue weighted by Gasteiger charge is 2.13. The lowest BCUT2D eigenvalue weighted by molar-refractivity contribution is -0.385. The number of rotatable bonds is 11. The molecular weight excluding hydrogens is 540 g/mol. The lowest BCUT2D eigenvalue weighted by Crippen LogP contribution is -2.06. The Kier molecular flexibility index (Phi) is 11.0. The van der Waals surface area contributed by atoms with Gasteiger partial charge in [-0.1, -0.05) is 42.5 Å². The molecule has 4 aromatic rings. The third-order valence-electron chi connectivity index (χ3n) is 6.46. The van der Waals surface area contributed by atoms with Crippen molar-refractivity contribution in [2.75, 3.05) is 5.32 Å². The number of aryl methyl sites for hydroxylation is 1. The smallest absolute Gasteiger partial charge is 0.310 e. The van der Waals surface area contributed by atoms with Crippen molar-refractivity contribution in [3.63, 3.8) is 0 Å². The number of hydrogen-bond donors (Lipinski definition) is 4. The van der Waals surface area contributed by atoms with Gasteiger partial charge in [-0.25, -0.2) is 0 Å². The van der Waals surface area contributed by atoms with Crippen molar-refractivity contribution in [3.8, 4) is 17.2 Å². The lowest BCUT2D eigenvalue weighted by atomic mass is 10.0. The average Bonchev–Trinajstić information content (AvgIpc) is 2.97. The van der Waals surface area contributed by atoms with Gasteiger partial charge in [0.2, 0.25) is 0 Å². The summed E-state index contributed by atoms with van der Waals surface area (Å²) in [6, 6.07) is 26.1. The standard InChI is InChI=1S/C23H22N2O5.C9H10O3/c1-16-21(3-2-4-22(16)25(28)29)24-15-18-7-12-20(13-8-18)30-19-10-5-17(6-11-19)9-14-23(26)27;1-6(9(11)12)7-2-4-8(10)5-3-7/h2-8,10-13,24H,9,14-15H2,1H3,(H,26,27);2-6,10H,1H3,(H,11,12). The number of carbonyl (C=O) groups is 2. The number of carboxylic acids is 2. The Morgan fingerprint density at radius 3 is 1.98 bits per heavy atom. The van der Waals surface area contributed by atoms with E-state index in [9.17, 15) is 19.7 Å². The highest BCUT2D eigenvalue weighted by molar-refractivity contribution is 5.75. The van der Waals surface area contributed by atoms with Crippen LogP contribution in [0.3, 0.4) is 0 Å². The number of carboxylic acid groups (broad SMARTS) is 2. The van der Waals surface area contributed by atoms with Crippen molar-refractivity contribution in [1.29, 1.82) is 0 Å². The molecule has 0 heterocycles. The maximum atomic E-state index is 11.1. The summed E-state index contributed by atoms with van der Waals surface area (Å²) in [5.41, 5.74) is 4.08. The van der Waals surface area contributed by atoms with Crippen LogP contribution in [-0.2, 0) is 22.6 Å². The van der Waals surface area contributed by atoms with Crippen LogP contribution in [0.4, 0.5) is 11.4 Å². The molecule has 0 amide bonds. The first kappa shape index (κ1) is 31.2. The van der Waals surface area contributed by atoms with E-state index in [4.69, 9.17) is 20.1 Å². The van der Waals surface area contributed by atoms with E-state index in [2.05, 4.69) is 5.32 Å². The van der Waals surface area contributed by atoms with E-state index in [1.165, 1.54) is 18.2 Å². The zero-order valence-corrected chi connectivity index (χ0v) is 23.2. The van der Waals surface area contributed by atoms with Crippen LogP contribution < -0.4 is 10.1 Å². The fraction of sp³-hybridized carbons (Fsp3) is 0.188. The molecule has 0 aliphatic carbocycles. The van der Waals surface area contributed by atoms with Gasteiger partial charge in [0.25, 0.3) is 5.69 Å². The predicted molar refractivity (Wildman–Crippen MR) is 158 cm³/mol. The number of anilines is 1. The largest absolute Gasteiger partial charge is 0.508 e. The van der Waals surface area contributed by atoms with Gasteiger partial charge >= 0.3 is 11.9 Å². The summed E-state index contributed by atoms with van der Waals surface area (Å²) in [5, 5.41) is 40.6. The predicted octanol–water partition coefficient (Wildman–Crippen LogP) is 6.91. The van der Waals surface area contributed by atoms with Crippen LogP contribution in [0.15, 0.2) is 91.0 Å². The number of nitro benzene ring substituents is 1. The van der Waals surface area contributed by atoms with Crippen LogP contribution in [0, 0.1) is 17.0 Å². The van der Waals surface area contributed by atoms with Crippen molar-refractivity contribution in [1.82, 2.24) is 0 Å². The molecule has 0 radical (unpaired) electrons. The number of nitro groups is 1. The van der Waals surface area contributed by atoms with Crippen molar-refractivity contribution in [2.24, 2.45) is 0 Å². The Morgan fingerprint density at radius 1 is 0.881 bits per heavy atom. The quantitative estimate of drug-likeness (QED) is 0.111. The molecule has 10 heteroatoms. The number of ether oxygens (including phenoxy) is 1. The first-order valence-electron chi connectivity index (χ1n) is 13.1. The molecule has 0 saturated carbocycles. The zero-order valence-electron chi connectivity index (χ0n) is 23.2. The van der Waals surface area contributed by atoms with E-state index in [-0.39, 0.29) is 22.8 Å². The molecule has 0 saturated heterocycles. The van der Waals surface area contributed by atoms with Crippen molar-refractivity contribution in [3.05, 3.63) is 123 Å². The topological polar surface area (TPSA) is 159 Å². The van der Waals surface area contributed by atoms with E-state index in [0.29, 0.717) is 35.6 Å². The number of phenols is 1. The van der Waals surface area contributed by atoms with Crippen molar-refractivity contribution < 1.29 is 34.6 Å². The summed E-state index contributed by atoms with van der Waals surface area (Å²) in [6.07, 6.45) is 0.590. The van der Waals surface area contributed by atoms with Gasteiger partial charge in [-0.05, 0) is 79.4 Å². The number of nitrogens with one attached hydrogen (secondary N) is 1. The lowest BCUT2D eigenvalue weighted by Gasteiger charge is -2.11. The number of hydrogen-bond acceptors (Lipinski definition) is 7. The van der Waals surface area contributed by atoms with Gasteiger partial charge in [0.1, 0.15) is 17.2 Å². The number of benzene rings is 4. The van der Waals surface area contributed by atoms with Gasteiger partial charge < -0.3 is 25.4 Å². The maximum Gasteiger partial charge on any atom is 0.310 e.